The number of methoxy groups -OCH3 is 3. The number of hydrogen-bond acceptors (Lipinski definition) is 6. The van der Waals surface area contributed by atoms with E-state index in [0.29, 0.717) is 17.2 Å². The number of rotatable bonds is 10. The average molecular weight is 458 g/mol. The molecule has 2 aromatic carbocycles. The first-order valence-corrected chi connectivity index (χ1v) is 12.6. The Kier molecular flexibility index (Phi) is 8.88. The second-order valence-electron chi connectivity index (χ2n) is 8.06. The molecule has 0 fully saturated rings. The maximum atomic E-state index is 13.0. The van der Waals surface area contributed by atoms with Crippen LogP contribution in [0.15, 0.2) is 34.0 Å². The largest absolute Gasteiger partial charge is 0.493 e. The van der Waals surface area contributed by atoms with Crippen molar-refractivity contribution in [2.75, 3.05) is 34.1 Å². The third-order valence-corrected chi connectivity index (χ3v) is 6.92. The topological polar surface area (TPSA) is 56.8 Å². The first-order valence-electron chi connectivity index (χ1n) is 11.4. The van der Waals surface area contributed by atoms with E-state index in [1.54, 1.807) is 21.3 Å². The van der Waals surface area contributed by atoms with Gasteiger partial charge in [0.15, 0.2) is 16.9 Å². The predicted octanol–water partition coefficient (Wildman–Crippen LogP) is 5.62. The minimum Gasteiger partial charge on any atom is -0.493 e. The molecule has 0 spiro atoms. The fourth-order valence-corrected chi connectivity index (χ4v) is 4.97. The van der Waals surface area contributed by atoms with Crippen LogP contribution in [0.5, 0.6) is 17.2 Å². The third-order valence-electron chi connectivity index (χ3n) is 6.14. The van der Waals surface area contributed by atoms with Crippen molar-refractivity contribution in [3.63, 3.8) is 0 Å². The van der Waals surface area contributed by atoms with E-state index >= 15 is 0 Å². The van der Waals surface area contributed by atoms with Gasteiger partial charge in [-0.15, -0.1) is 11.8 Å². The summed E-state index contributed by atoms with van der Waals surface area (Å²) in [5.41, 5.74) is 4.21. The molecule has 0 saturated heterocycles. The molecular formula is C26H35NO4S. The summed E-state index contributed by atoms with van der Waals surface area (Å²) >= 11 is 1.48. The molecule has 1 N–H and O–H groups in total. The van der Waals surface area contributed by atoms with Crippen molar-refractivity contribution in [1.82, 2.24) is 5.32 Å². The monoisotopic (exact) mass is 457 g/mol. The Hall–Kier alpha value is -2.18. The molecule has 0 bridgehead atoms. The number of aryl methyl sites for hydroxylation is 1. The Balaban J connectivity index is 2.18. The van der Waals surface area contributed by atoms with Crippen LogP contribution in [0.2, 0.25) is 0 Å². The van der Waals surface area contributed by atoms with Crippen molar-refractivity contribution in [3.05, 3.63) is 45.6 Å². The summed E-state index contributed by atoms with van der Waals surface area (Å²) in [4.78, 5) is 13.7. The molecule has 3 rings (SSSR count). The van der Waals surface area contributed by atoms with Crippen LogP contribution in [0.4, 0.5) is 0 Å². The second kappa shape index (κ2) is 11.6. The summed E-state index contributed by atoms with van der Waals surface area (Å²) in [5, 5.41) is 3.74. The van der Waals surface area contributed by atoms with Gasteiger partial charge in [-0.2, -0.15) is 0 Å². The van der Waals surface area contributed by atoms with Crippen molar-refractivity contribution >= 4 is 11.8 Å². The molecule has 0 amide bonds. The van der Waals surface area contributed by atoms with Crippen LogP contribution in [-0.4, -0.2) is 34.1 Å². The summed E-state index contributed by atoms with van der Waals surface area (Å²) in [6.07, 6.45) is 8.51. The van der Waals surface area contributed by atoms with E-state index in [2.05, 4.69) is 18.3 Å². The number of nitrogens with one attached hydrogen (secondary N) is 1. The fourth-order valence-electron chi connectivity index (χ4n) is 4.51. The molecule has 174 valence electrons. The highest BCUT2D eigenvalue weighted by Crippen LogP contribution is 2.50. The number of fused-ring (bicyclic) bond motifs is 3. The highest BCUT2D eigenvalue weighted by atomic mass is 32.2. The van der Waals surface area contributed by atoms with Crippen LogP contribution in [0.1, 0.15) is 56.2 Å². The molecule has 1 aliphatic rings. The molecule has 0 unspecified atom stereocenters. The maximum Gasteiger partial charge on any atom is 0.203 e. The molecule has 0 saturated carbocycles. The van der Waals surface area contributed by atoms with E-state index in [-0.39, 0.29) is 11.5 Å². The lowest BCUT2D eigenvalue weighted by molar-refractivity contribution is 0.324. The molecule has 2 aromatic rings. The first-order chi connectivity index (χ1) is 15.6. The minimum atomic E-state index is 0.0550. The Labute approximate surface area is 195 Å². The summed E-state index contributed by atoms with van der Waals surface area (Å²) in [6, 6.07) is 7.94. The lowest BCUT2D eigenvalue weighted by Gasteiger charge is -2.20. The van der Waals surface area contributed by atoms with Crippen molar-refractivity contribution in [2.24, 2.45) is 0 Å². The second-order valence-corrected chi connectivity index (χ2v) is 8.91. The molecule has 0 radical (unpaired) electrons. The van der Waals surface area contributed by atoms with Gasteiger partial charge >= 0.3 is 0 Å². The van der Waals surface area contributed by atoms with Gasteiger partial charge in [-0.05, 0) is 67.0 Å². The smallest absolute Gasteiger partial charge is 0.203 e. The summed E-state index contributed by atoms with van der Waals surface area (Å²) in [5.74, 6) is 1.88. The predicted molar refractivity (Wildman–Crippen MR) is 133 cm³/mol. The normalized spacial score (nSPS) is 14.8. The number of thioether (sulfide) groups is 1. The molecule has 6 heteroatoms. The molecule has 32 heavy (non-hydrogen) atoms. The Bertz CT molecular complexity index is 992. The number of unbranched alkanes of at least 4 members (excludes halogenated alkanes) is 3. The standard InChI is InChI=1S/C26H35NO4S/c1-6-7-8-9-14-27-20-12-10-17-15-22(29-2)25(30-3)26(31-4)24(17)18-11-13-23(32-5)21(28)16-19(18)20/h11,13,15-16,20,27H,6-10,12,14H2,1-5H3/t20-/m0/s1. The van der Waals surface area contributed by atoms with E-state index in [1.807, 2.05) is 24.5 Å². The van der Waals surface area contributed by atoms with Crippen LogP contribution in [0, 0.1) is 0 Å². The molecule has 1 aliphatic carbocycles. The van der Waals surface area contributed by atoms with Crippen molar-refractivity contribution in [1.29, 1.82) is 0 Å². The average Bonchev–Trinajstić information content (AvgIpc) is 3.05. The lowest BCUT2D eigenvalue weighted by atomic mass is 9.95. The van der Waals surface area contributed by atoms with Crippen LogP contribution in [-0.2, 0) is 6.42 Å². The van der Waals surface area contributed by atoms with Crippen LogP contribution in [0.25, 0.3) is 11.1 Å². The highest BCUT2D eigenvalue weighted by Gasteiger charge is 2.28. The molecule has 5 nitrogen and oxygen atoms in total. The Morgan fingerprint density at radius 2 is 1.81 bits per heavy atom. The molecule has 0 heterocycles. The Morgan fingerprint density at radius 3 is 2.47 bits per heavy atom. The van der Waals surface area contributed by atoms with Gasteiger partial charge < -0.3 is 19.5 Å². The summed E-state index contributed by atoms with van der Waals surface area (Å²) in [6.45, 7) is 3.16. The minimum absolute atomic E-state index is 0.0550. The fraction of sp³-hybridized carbons (Fsp3) is 0.500. The third kappa shape index (κ3) is 5.07. The first kappa shape index (κ1) is 24.5. The van der Waals surface area contributed by atoms with Gasteiger partial charge in [-0.25, -0.2) is 0 Å². The van der Waals surface area contributed by atoms with E-state index in [4.69, 9.17) is 14.2 Å². The summed E-state index contributed by atoms with van der Waals surface area (Å²) < 4.78 is 17.1. The van der Waals surface area contributed by atoms with Gasteiger partial charge in [0.1, 0.15) is 0 Å². The molecule has 0 aromatic heterocycles. The highest BCUT2D eigenvalue weighted by molar-refractivity contribution is 7.98. The van der Waals surface area contributed by atoms with Gasteiger partial charge in [-0.1, -0.05) is 32.3 Å². The van der Waals surface area contributed by atoms with Crippen LogP contribution in [0.3, 0.4) is 0 Å². The SMILES string of the molecule is CCCCCCN[C@H]1CCc2cc(OC)c(OC)c(OC)c2-c2ccc(SC)c(=O)cc21. The van der Waals surface area contributed by atoms with Gasteiger partial charge in [0, 0.05) is 11.6 Å². The van der Waals surface area contributed by atoms with Gasteiger partial charge in [0.2, 0.25) is 5.75 Å². The van der Waals surface area contributed by atoms with Gasteiger partial charge in [-0.3, -0.25) is 4.79 Å². The lowest BCUT2D eigenvalue weighted by Crippen LogP contribution is -2.23. The molecule has 0 aliphatic heterocycles. The zero-order valence-corrected chi connectivity index (χ0v) is 20.7. The summed E-state index contributed by atoms with van der Waals surface area (Å²) in [7, 11) is 4.92. The van der Waals surface area contributed by atoms with E-state index in [0.717, 1.165) is 53.0 Å². The van der Waals surface area contributed by atoms with Crippen LogP contribution < -0.4 is 25.0 Å². The zero-order valence-electron chi connectivity index (χ0n) is 19.9. The Morgan fingerprint density at radius 1 is 1.03 bits per heavy atom. The maximum absolute atomic E-state index is 13.0. The van der Waals surface area contributed by atoms with Crippen molar-refractivity contribution in [3.8, 4) is 28.4 Å². The zero-order chi connectivity index (χ0) is 23.1. The molecule has 1 atom stereocenters. The van der Waals surface area contributed by atoms with Crippen LogP contribution >= 0.6 is 11.8 Å². The van der Waals surface area contributed by atoms with E-state index < -0.39 is 0 Å². The number of benzene rings is 1. The van der Waals surface area contributed by atoms with Crippen molar-refractivity contribution < 1.29 is 14.2 Å². The number of ether oxygens (including phenoxy) is 3. The number of hydrogen-bond donors (Lipinski definition) is 1. The quantitative estimate of drug-likeness (QED) is 0.369. The van der Waals surface area contributed by atoms with Crippen molar-refractivity contribution in [2.45, 2.75) is 56.4 Å². The van der Waals surface area contributed by atoms with E-state index in [1.165, 1.54) is 31.0 Å². The molecular weight excluding hydrogens is 422 g/mol. The van der Waals surface area contributed by atoms with E-state index in [9.17, 15) is 4.79 Å². The van der Waals surface area contributed by atoms with Gasteiger partial charge in [0.05, 0.1) is 26.2 Å². The van der Waals surface area contributed by atoms with Gasteiger partial charge in [0.25, 0.3) is 0 Å².